The lowest BCUT2D eigenvalue weighted by Crippen LogP contribution is -3.00. The van der Waals surface area contributed by atoms with E-state index in [-0.39, 0.29) is 121 Å². The van der Waals surface area contributed by atoms with Crippen molar-refractivity contribution < 1.29 is 58.6 Å². The zero-order chi connectivity index (χ0) is 29.7. The fourth-order valence-corrected chi connectivity index (χ4v) is 10.1. The number of halogens is 2. The number of fused-ring (bicyclic) bond motifs is 20. The first-order valence-corrected chi connectivity index (χ1v) is 17.6. The minimum Gasteiger partial charge on any atom is -1.00 e. The van der Waals surface area contributed by atoms with Crippen molar-refractivity contribution in [1.29, 1.82) is 0 Å². The minimum absolute atomic E-state index is 0. The highest BCUT2D eigenvalue weighted by Gasteiger charge is 2.58. The van der Waals surface area contributed by atoms with Crippen LogP contribution in [0.3, 0.4) is 0 Å². The second-order valence-corrected chi connectivity index (χ2v) is 15.5. The Kier molecular flexibility index (Phi) is 10.8. The van der Waals surface area contributed by atoms with Crippen LogP contribution >= 0.6 is 0 Å². The molecule has 0 aromatic heterocycles. The fraction of sp³-hybridized carbons (Fsp3) is 1.00. The topological polar surface area (TPSA) is 202 Å². The molecule has 20 unspecified atom stereocenters. The van der Waals surface area contributed by atoms with Crippen LogP contribution in [-0.4, -0.2) is 148 Å². The third-order valence-electron chi connectivity index (χ3n) is 12.1. The number of nitrogens with one attached hydrogen (secondary N) is 14. The van der Waals surface area contributed by atoms with Crippen molar-refractivity contribution in [3.05, 3.63) is 0 Å². The average Bonchev–Trinajstić information content (AvgIpc) is 3.71. The highest BCUT2D eigenvalue weighted by Crippen LogP contribution is 2.23. The zero-order valence-electron chi connectivity index (χ0n) is 27.3. The quantitative estimate of drug-likeness (QED) is 0.102. The van der Waals surface area contributed by atoms with Crippen LogP contribution in [-0.2, 0) is 0 Å². The maximum Gasteiger partial charge on any atom is 0.159 e. The highest BCUT2D eigenvalue weighted by molar-refractivity contribution is 5.14. The molecule has 9 heterocycles. The highest BCUT2D eigenvalue weighted by atomic mass is 127. The Morgan fingerprint density at radius 1 is 0.326 bits per heavy atom. The van der Waals surface area contributed by atoms with E-state index in [2.05, 4.69) is 113 Å². The van der Waals surface area contributed by atoms with Gasteiger partial charge in [0, 0.05) is 50.3 Å². The monoisotopic (exact) mass is 872 g/mol. The molecule has 0 aliphatic carbocycles. The van der Waals surface area contributed by atoms with Crippen LogP contribution in [0, 0.1) is 0 Å². The Hall–Kier alpha value is 0.820. The molecule has 8 bridgehead atoms. The summed E-state index contributed by atoms with van der Waals surface area (Å²) in [6, 6.07) is 4.09. The van der Waals surface area contributed by atoms with E-state index in [9.17, 15) is 0 Å². The maximum absolute atomic E-state index is 4.11. The van der Waals surface area contributed by atoms with Gasteiger partial charge < -0.3 is 101 Å². The largest absolute Gasteiger partial charge is 1.00 e. The molecule has 0 aromatic carbocycles. The Morgan fingerprint density at radius 2 is 0.609 bits per heavy atom. The summed E-state index contributed by atoms with van der Waals surface area (Å²) in [6.07, 6.45) is 1.43. The van der Waals surface area contributed by atoms with Gasteiger partial charge in [-0.2, -0.15) is 0 Å². The summed E-state index contributed by atoms with van der Waals surface area (Å²) in [5.74, 6) is 0. The molecule has 18 N–H and O–H groups in total. The molecule has 9 aliphatic rings. The Bertz CT molecular complexity index is 905. The van der Waals surface area contributed by atoms with Gasteiger partial charge in [-0.3, -0.25) is 10.6 Å². The van der Waals surface area contributed by atoms with Gasteiger partial charge in [0.15, 0.2) is 24.7 Å². The van der Waals surface area contributed by atoms with Crippen LogP contribution in [0.4, 0.5) is 0 Å². The Morgan fingerprint density at radius 3 is 0.978 bits per heavy atom. The van der Waals surface area contributed by atoms with Gasteiger partial charge in [-0.25, -0.2) is 21.3 Å². The van der Waals surface area contributed by atoms with Crippen LogP contribution in [0.25, 0.3) is 0 Å². The van der Waals surface area contributed by atoms with E-state index in [4.69, 9.17) is 0 Å². The van der Waals surface area contributed by atoms with E-state index in [0.717, 1.165) is 26.2 Å². The van der Waals surface area contributed by atoms with Gasteiger partial charge in [0.1, 0.15) is 0 Å². The van der Waals surface area contributed by atoms with E-state index >= 15 is 0 Å². The Balaban J connectivity index is 0.00000169. The van der Waals surface area contributed by atoms with Gasteiger partial charge in [-0.05, 0) is 27.7 Å². The molecule has 0 aromatic rings. The van der Waals surface area contributed by atoms with Gasteiger partial charge in [0.25, 0.3) is 0 Å². The van der Waals surface area contributed by atoms with Crippen molar-refractivity contribution in [1.82, 2.24) is 74.4 Å². The van der Waals surface area contributed by atoms with E-state index < -0.39 is 0 Å². The smallest absolute Gasteiger partial charge is 0.159 e. The Labute approximate surface area is 307 Å². The molecule has 9 fully saturated rings. The minimum atomic E-state index is 0. The standard InChI is InChI=1S/C28H56N16.2HI/c1-9-5-29-13-17(33-9)25-37-21(13)42-26-19-15(31-7-11(3)35-19)23(39-26)44-28-20-16(32-8-12(4)36-20)24(40-28)43-27-18-14(22(38-27)41-25)30-6-10(2)34-18;;/h9-44H,5-8H2,1-4H3;2*1H. The summed E-state index contributed by atoms with van der Waals surface area (Å²) in [5.41, 5.74) is 0. The van der Waals surface area contributed by atoms with Crippen molar-refractivity contribution in [2.45, 2.75) is 150 Å². The third-order valence-corrected chi connectivity index (χ3v) is 12.1. The number of rotatable bonds is 0. The molecule has 20 atom stereocenters. The van der Waals surface area contributed by atoms with Gasteiger partial charge in [0.2, 0.25) is 0 Å². The van der Waals surface area contributed by atoms with Crippen molar-refractivity contribution in [3.8, 4) is 0 Å². The molecule has 0 saturated carbocycles. The molecule has 18 heteroatoms. The molecule has 264 valence electrons. The molecule has 9 saturated heterocycles. The number of nitrogens with two attached hydrogens (primary N) is 2. The molecule has 46 heavy (non-hydrogen) atoms. The molecule has 16 nitrogen and oxygen atoms in total. The lowest BCUT2D eigenvalue weighted by molar-refractivity contribution is -0.714. The predicted octanol–water partition coefficient (Wildman–Crippen LogP) is -15.4. The first-order valence-electron chi connectivity index (χ1n) is 17.6. The van der Waals surface area contributed by atoms with Crippen LogP contribution in [0.1, 0.15) is 27.7 Å². The summed E-state index contributed by atoms with van der Waals surface area (Å²) < 4.78 is 0. The predicted molar refractivity (Wildman–Crippen MR) is 166 cm³/mol. The van der Waals surface area contributed by atoms with Crippen LogP contribution in [0.5, 0.6) is 0 Å². The second-order valence-electron chi connectivity index (χ2n) is 15.5. The molecule has 0 radical (unpaired) electrons. The van der Waals surface area contributed by atoms with E-state index in [1.54, 1.807) is 0 Å². The van der Waals surface area contributed by atoms with Gasteiger partial charge in [-0.1, -0.05) is 0 Å². The van der Waals surface area contributed by atoms with E-state index in [1.165, 1.54) is 0 Å². The molecule has 0 spiro atoms. The molecule has 9 rings (SSSR count). The summed E-state index contributed by atoms with van der Waals surface area (Å²) in [4.78, 5) is 0. The molecular formula is C28H58I2N16. The number of hydrogen-bond acceptors (Lipinski definition) is 14. The van der Waals surface area contributed by atoms with Crippen molar-refractivity contribution >= 4 is 0 Å². The maximum atomic E-state index is 4.11. The van der Waals surface area contributed by atoms with E-state index in [0.29, 0.717) is 48.3 Å². The third kappa shape index (κ3) is 6.31. The summed E-state index contributed by atoms with van der Waals surface area (Å²) >= 11 is 0. The van der Waals surface area contributed by atoms with Gasteiger partial charge >= 0.3 is 0 Å². The van der Waals surface area contributed by atoms with Gasteiger partial charge in [-0.15, -0.1) is 0 Å². The lowest BCUT2D eigenvalue weighted by atomic mass is 9.99. The lowest BCUT2D eigenvalue weighted by Gasteiger charge is -2.38. The first-order chi connectivity index (χ1) is 21.4. The summed E-state index contributed by atoms with van der Waals surface area (Å²) in [7, 11) is 0. The van der Waals surface area contributed by atoms with Crippen LogP contribution in [0.15, 0.2) is 0 Å². The summed E-state index contributed by atoms with van der Waals surface area (Å²) in [5, 5.41) is 61.1. The van der Waals surface area contributed by atoms with Crippen LogP contribution in [0.2, 0.25) is 0 Å². The van der Waals surface area contributed by atoms with Gasteiger partial charge in [0.05, 0.1) is 73.0 Å². The first kappa shape index (κ1) is 35.2. The van der Waals surface area contributed by atoms with Crippen molar-refractivity contribution in [3.63, 3.8) is 0 Å². The normalized spacial score (nSPS) is 57.7. The van der Waals surface area contributed by atoms with E-state index in [1.807, 2.05) is 0 Å². The number of quaternary nitrogens is 2. The fourth-order valence-electron chi connectivity index (χ4n) is 10.1. The second kappa shape index (κ2) is 14.1. The van der Waals surface area contributed by atoms with Crippen LogP contribution < -0.4 is 133 Å². The SMILES string of the molecule is CC1CNC2C3NC(NC4[NH2+]C(NC5NC(NC6[NH2+]C(N3)C3NC(C)CNC63)C3NC(C)CNC53)C3NC(C)CNC43)C2N1.[I-].[I-]. The summed E-state index contributed by atoms with van der Waals surface area (Å²) in [6.45, 7) is 13.1. The molecule has 0 amide bonds. The molecular weight excluding hydrogens is 814 g/mol. The zero-order valence-corrected chi connectivity index (χ0v) is 31.6. The molecule has 9 aliphatic heterocycles. The van der Waals surface area contributed by atoms with Crippen molar-refractivity contribution in [2.24, 2.45) is 0 Å². The number of hydrogen-bond donors (Lipinski definition) is 16. The average molecular weight is 873 g/mol. The van der Waals surface area contributed by atoms with Crippen molar-refractivity contribution in [2.75, 3.05) is 26.2 Å². The number of piperazine rings is 4.